The van der Waals surface area contributed by atoms with Crippen molar-refractivity contribution in [2.75, 3.05) is 6.54 Å². The summed E-state index contributed by atoms with van der Waals surface area (Å²) < 4.78 is 11.5. The monoisotopic (exact) mass is 265 g/mol. The van der Waals surface area contributed by atoms with Gasteiger partial charge in [0.25, 0.3) is 0 Å². The van der Waals surface area contributed by atoms with E-state index in [9.17, 15) is 0 Å². The molecule has 0 radical (unpaired) electrons. The van der Waals surface area contributed by atoms with Gasteiger partial charge in [-0.2, -0.15) is 0 Å². The third-order valence-electron chi connectivity index (χ3n) is 3.89. The number of nitrogens with one attached hydrogen (secondary N) is 1. The first-order chi connectivity index (χ1) is 9.28. The molecule has 3 heteroatoms. The minimum Gasteiger partial charge on any atom is -0.467 e. The summed E-state index contributed by atoms with van der Waals surface area (Å²) in [6, 6.07) is 2.11. The molecule has 1 heterocycles. The molecule has 0 unspecified atom stereocenters. The van der Waals surface area contributed by atoms with Crippen molar-refractivity contribution in [3.05, 3.63) is 23.7 Å². The summed E-state index contributed by atoms with van der Waals surface area (Å²) in [5.41, 5.74) is 1.21. The van der Waals surface area contributed by atoms with E-state index in [-0.39, 0.29) is 0 Å². The summed E-state index contributed by atoms with van der Waals surface area (Å²) >= 11 is 0. The standard InChI is InChI=1S/C16H27NO2/c1-3-8-17-10-14-9-16(18-11-14)12-19-15-6-4-13(2)5-7-15/h9,11,13,15,17H,3-8,10,12H2,1-2H3. The van der Waals surface area contributed by atoms with Gasteiger partial charge in [0.1, 0.15) is 12.4 Å². The van der Waals surface area contributed by atoms with Crippen molar-refractivity contribution in [1.29, 1.82) is 0 Å². The van der Waals surface area contributed by atoms with E-state index in [4.69, 9.17) is 9.15 Å². The molecule has 0 aliphatic heterocycles. The van der Waals surface area contributed by atoms with E-state index < -0.39 is 0 Å². The van der Waals surface area contributed by atoms with E-state index in [2.05, 4.69) is 25.2 Å². The van der Waals surface area contributed by atoms with Crippen LogP contribution in [-0.4, -0.2) is 12.6 Å². The fraction of sp³-hybridized carbons (Fsp3) is 0.750. The van der Waals surface area contributed by atoms with Crippen LogP contribution in [0.4, 0.5) is 0 Å². The molecule has 2 rings (SSSR count). The Morgan fingerprint density at radius 2 is 2.11 bits per heavy atom. The Kier molecular flexibility index (Phi) is 5.93. The van der Waals surface area contributed by atoms with E-state index in [0.29, 0.717) is 12.7 Å². The Hall–Kier alpha value is -0.800. The molecule has 0 aromatic carbocycles. The third kappa shape index (κ3) is 5.00. The molecule has 1 N–H and O–H groups in total. The summed E-state index contributed by atoms with van der Waals surface area (Å²) in [5.74, 6) is 1.83. The lowest BCUT2D eigenvalue weighted by Gasteiger charge is -2.25. The highest BCUT2D eigenvalue weighted by Crippen LogP contribution is 2.26. The summed E-state index contributed by atoms with van der Waals surface area (Å²) in [6.07, 6.45) is 8.44. The topological polar surface area (TPSA) is 34.4 Å². The van der Waals surface area contributed by atoms with Gasteiger partial charge in [-0.05, 0) is 50.6 Å². The zero-order valence-corrected chi connectivity index (χ0v) is 12.3. The lowest BCUT2D eigenvalue weighted by molar-refractivity contribution is 0.00127. The van der Waals surface area contributed by atoms with Crippen molar-refractivity contribution in [1.82, 2.24) is 5.32 Å². The Morgan fingerprint density at radius 1 is 1.32 bits per heavy atom. The van der Waals surface area contributed by atoms with Crippen LogP contribution in [0.15, 0.2) is 16.7 Å². The van der Waals surface area contributed by atoms with E-state index in [1.165, 1.54) is 31.2 Å². The Bertz CT molecular complexity index is 353. The molecular weight excluding hydrogens is 238 g/mol. The van der Waals surface area contributed by atoms with Gasteiger partial charge in [-0.15, -0.1) is 0 Å². The molecule has 19 heavy (non-hydrogen) atoms. The number of rotatable bonds is 7. The first-order valence-corrected chi connectivity index (χ1v) is 7.66. The van der Waals surface area contributed by atoms with Crippen molar-refractivity contribution < 1.29 is 9.15 Å². The highest BCUT2D eigenvalue weighted by molar-refractivity contribution is 5.12. The molecule has 1 aliphatic rings. The quantitative estimate of drug-likeness (QED) is 0.760. The second-order valence-electron chi connectivity index (χ2n) is 5.79. The Labute approximate surface area is 116 Å². The van der Waals surface area contributed by atoms with Gasteiger partial charge in [0.2, 0.25) is 0 Å². The second kappa shape index (κ2) is 7.71. The SMILES string of the molecule is CCCNCc1coc(COC2CCC(C)CC2)c1. The van der Waals surface area contributed by atoms with E-state index in [1.54, 1.807) is 0 Å². The number of furan rings is 1. The summed E-state index contributed by atoms with van der Waals surface area (Å²) in [4.78, 5) is 0. The number of hydrogen-bond acceptors (Lipinski definition) is 3. The van der Waals surface area contributed by atoms with Crippen molar-refractivity contribution in [3.63, 3.8) is 0 Å². The van der Waals surface area contributed by atoms with Gasteiger partial charge < -0.3 is 14.5 Å². The largest absolute Gasteiger partial charge is 0.467 e. The maximum absolute atomic E-state index is 5.94. The van der Waals surface area contributed by atoms with Gasteiger partial charge in [-0.1, -0.05) is 13.8 Å². The van der Waals surface area contributed by atoms with Crippen LogP contribution < -0.4 is 5.32 Å². The second-order valence-corrected chi connectivity index (χ2v) is 5.79. The average molecular weight is 265 g/mol. The molecule has 1 aliphatic carbocycles. The van der Waals surface area contributed by atoms with E-state index in [1.807, 2.05) is 6.26 Å². The lowest BCUT2D eigenvalue weighted by atomic mass is 9.89. The maximum Gasteiger partial charge on any atom is 0.129 e. The van der Waals surface area contributed by atoms with Crippen molar-refractivity contribution in [2.24, 2.45) is 5.92 Å². The predicted octanol–water partition coefficient (Wildman–Crippen LogP) is 3.87. The van der Waals surface area contributed by atoms with Gasteiger partial charge in [0.05, 0.1) is 12.4 Å². The first kappa shape index (κ1) is 14.6. The molecule has 0 spiro atoms. The first-order valence-electron chi connectivity index (χ1n) is 7.66. The van der Waals surface area contributed by atoms with Crippen LogP contribution in [-0.2, 0) is 17.9 Å². The minimum atomic E-state index is 0.433. The molecule has 108 valence electrons. The molecule has 1 aromatic heterocycles. The zero-order valence-electron chi connectivity index (χ0n) is 12.3. The Balaban J connectivity index is 1.68. The molecule has 1 aromatic rings. The van der Waals surface area contributed by atoms with Crippen LogP contribution in [0.1, 0.15) is 57.3 Å². The minimum absolute atomic E-state index is 0.433. The van der Waals surface area contributed by atoms with Crippen LogP contribution >= 0.6 is 0 Å². The Morgan fingerprint density at radius 3 is 2.84 bits per heavy atom. The van der Waals surface area contributed by atoms with E-state index in [0.717, 1.165) is 31.2 Å². The molecule has 1 saturated carbocycles. The fourth-order valence-corrected chi connectivity index (χ4v) is 2.60. The third-order valence-corrected chi connectivity index (χ3v) is 3.89. The summed E-state index contributed by atoms with van der Waals surface area (Å²) in [7, 11) is 0. The average Bonchev–Trinajstić information content (AvgIpc) is 2.86. The highest BCUT2D eigenvalue weighted by Gasteiger charge is 2.18. The van der Waals surface area contributed by atoms with Crippen LogP contribution in [0, 0.1) is 5.92 Å². The highest BCUT2D eigenvalue weighted by atomic mass is 16.5. The van der Waals surface area contributed by atoms with Gasteiger partial charge in [-0.25, -0.2) is 0 Å². The molecule has 0 atom stereocenters. The van der Waals surface area contributed by atoms with Gasteiger partial charge in [0.15, 0.2) is 0 Å². The predicted molar refractivity (Wildman–Crippen MR) is 76.9 cm³/mol. The van der Waals surface area contributed by atoms with Gasteiger partial charge in [0, 0.05) is 12.1 Å². The molecule has 0 bridgehead atoms. The number of ether oxygens (including phenoxy) is 1. The van der Waals surface area contributed by atoms with Crippen LogP contribution in [0.2, 0.25) is 0 Å². The fourth-order valence-electron chi connectivity index (χ4n) is 2.60. The number of hydrogen-bond donors (Lipinski definition) is 1. The molecular formula is C16H27NO2. The maximum atomic E-state index is 5.94. The molecule has 1 fully saturated rings. The van der Waals surface area contributed by atoms with Gasteiger partial charge >= 0.3 is 0 Å². The van der Waals surface area contributed by atoms with Crippen LogP contribution in [0.25, 0.3) is 0 Å². The van der Waals surface area contributed by atoms with Crippen molar-refractivity contribution in [2.45, 2.75) is 65.2 Å². The summed E-state index contributed by atoms with van der Waals surface area (Å²) in [5, 5.41) is 3.37. The van der Waals surface area contributed by atoms with E-state index >= 15 is 0 Å². The normalized spacial score (nSPS) is 23.7. The van der Waals surface area contributed by atoms with Crippen molar-refractivity contribution in [3.8, 4) is 0 Å². The van der Waals surface area contributed by atoms with Crippen molar-refractivity contribution >= 4 is 0 Å². The molecule has 0 saturated heterocycles. The molecule has 3 nitrogen and oxygen atoms in total. The van der Waals surface area contributed by atoms with Gasteiger partial charge in [-0.3, -0.25) is 0 Å². The molecule has 0 amide bonds. The van der Waals surface area contributed by atoms with Crippen LogP contribution in [0.5, 0.6) is 0 Å². The van der Waals surface area contributed by atoms with Crippen LogP contribution in [0.3, 0.4) is 0 Å². The smallest absolute Gasteiger partial charge is 0.129 e. The lowest BCUT2D eigenvalue weighted by Crippen LogP contribution is -2.20. The zero-order chi connectivity index (χ0) is 13.5. The summed E-state index contributed by atoms with van der Waals surface area (Å²) in [6.45, 7) is 7.06.